The number of nitrogens with one attached hydrogen (secondary N) is 1. The molecule has 1 aromatic carbocycles. The highest BCUT2D eigenvalue weighted by molar-refractivity contribution is 14.0. The first-order valence-corrected chi connectivity index (χ1v) is 8.86. The van der Waals surface area contributed by atoms with E-state index in [-0.39, 0.29) is 24.0 Å². The van der Waals surface area contributed by atoms with Crippen molar-refractivity contribution in [1.29, 1.82) is 0 Å². The van der Waals surface area contributed by atoms with Gasteiger partial charge in [0.05, 0.1) is 12.2 Å². The number of aliphatic imine (C=N–C) groups is 1. The number of aryl methyl sites for hydroxylation is 2. The van der Waals surface area contributed by atoms with Crippen LogP contribution in [0, 0.1) is 13.8 Å². The van der Waals surface area contributed by atoms with Crippen LogP contribution in [0.25, 0.3) is 0 Å². The highest BCUT2D eigenvalue weighted by Crippen LogP contribution is 2.32. The monoisotopic (exact) mass is 485 g/mol. The topological polar surface area (TPSA) is 63.9 Å². The minimum atomic E-state index is 0. The van der Waals surface area contributed by atoms with Gasteiger partial charge in [-0.3, -0.25) is 4.68 Å². The molecular weight excluding hydrogens is 457 g/mol. The summed E-state index contributed by atoms with van der Waals surface area (Å²) in [4.78, 5) is 6.92. The Balaban J connectivity index is 0.00000261. The van der Waals surface area contributed by atoms with Crippen LogP contribution < -0.4 is 14.8 Å². The number of nitrogens with zero attached hydrogens (tertiary/aromatic N) is 4. The molecule has 0 radical (unpaired) electrons. The van der Waals surface area contributed by atoms with Gasteiger partial charge in [0.25, 0.3) is 0 Å². The second kappa shape index (κ2) is 9.29. The molecule has 27 heavy (non-hydrogen) atoms. The van der Waals surface area contributed by atoms with Gasteiger partial charge in [-0.15, -0.1) is 24.0 Å². The lowest BCUT2D eigenvalue weighted by Gasteiger charge is -2.22. The number of aromatic nitrogens is 2. The third kappa shape index (κ3) is 4.85. The summed E-state index contributed by atoms with van der Waals surface area (Å²) in [7, 11) is 4.00. The van der Waals surface area contributed by atoms with Crippen LogP contribution in [-0.2, 0) is 20.1 Å². The molecule has 0 aliphatic carbocycles. The van der Waals surface area contributed by atoms with Gasteiger partial charge in [0, 0.05) is 38.4 Å². The first-order valence-electron chi connectivity index (χ1n) is 8.86. The summed E-state index contributed by atoms with van der Waals surface area (Å²) < 4.78 is 12.7. The predicted molar refractivity (Wildman–Crippen MR) is 117 cm³/mol. The summed E-state index contributed by atoms with van der Waals surface area (Å²) in [5.74, 6) is 2.48. The third-order valence-corrected chi connectivity index (χ3v) is 4.60. The maximum Gasteiger partial charge on any atom is 0.231 e. The largest absolute Gasteiger partial charge is 0.454 e. The zero-order valence-corrected chi connectivity index (χ0v) is 18.9. The lowest BCUT2D eigenvalue weighted by molar-refractivity contribution is 0.174. The predicted octanol–water partition coefficient (Wildman–Crippen LogP) is 2.98. The molecular formula is C19H28IN5O2. The van der Waals surface area contributed by atoms with E-state index in [1.165, 1.54) is 5.56 Å². The Bertz CT molecular complexity index is 819. The van der Waals surface area contributed by atoms with Gasteiger partial charge in [-0.25, -0.2) is 4.99 Å². The highest BCUT2D eigenvalue weighted by Gasteiger charge is 2.15. The lowest BCUT2D eigenvalue weighted by Crippen LogP contribution is -2.38. The van der Waals surface area contributed by atoms with E-state index in [9.17, 15) is 0 Å². The molecule has 0 atom stereocenters. The van der Waals surface area contributed by atoms with Gasteiger partial charge < -0.3 is 19.7 Å². The second-order valence-corrected chi connectivity index (χ2v) is 6.49. The number of benzene rings is 1. The van der Waals surface area contributed by atoms with E-state index in [1.807, 2.05) is 37.8 Å². The molecule has 1 N–H and O–H groups in total. The normalized spacial score (nSPS) is 12.7. The van der Waals surface area contributed by atoms with Crippen molar-refractivity contribution in [3.63, 3.8) is 0 Å². The number of rotatable bonds is 5. The Hall–Kier alpha value is -1.97. The van der Waals surface area contributed by atoms with Crippen LogP contribution in [0.2, 0.25) is 0 Å². The zero-order chi connectivity index (χ0) is 18.7. The van der Waals surface area contributed by atoms with E-state index in [1.54, 1.807) is 0 Å². The van der Waals surface area contributed by atoms with Crippen molar-refractivity contribution in [3.8, 4) is 11.5 Å². The molecule has 0 bridgehead atoms. The summed E-state index contributed by atoms with van der Waals surface area (Å²) in [5, 5.41) is 7.83. The lowest BCUT2D eigenvalue weighted by atomic mass is 10.2. The van der Waals surface area contributed by atoms with Gasteiger partial charge in [0.15, 0.2) is 17.5 Å². The highest BCUT2D eigenvalue weighted by atomic mass is 127. The fourth-order valence-corrected chi connectivity index (χ4v) is 3.06. The Kier molecular flexibility index (Phi) is 7.34. The van der Waals surface area contributed by atoms with Crippen LogP contribution in [0.15, 0.2) is 23.2 Å². The van der Waals surface area contributed by atoms with Crippen LogP contribution in [0.3, 0.4) is 0 Å². The van der Waals surface area contributed by atoms with Gasteiger partial charge in [-0.05, 0) is 38.5 Å². The molecule has 0 unspecified atom stereocenters. The van der Waals surface area contributed by atoms with Crippen LogP contribution in [-0.4, -0.2) is 41.0 Å². The van der Waals surface area contributed by atoms with Crippen molar-refractivity contribution in [1.82, 2.24) is 20.0 Å². The summed E-state index contributed by atoms with van der Waals surface area (Å²) in [5.41, 5.74) is 4.51. The average molecular weight is 485 g/mol. The van der Waals surface area contributed by atoms with E-state index >= 15 is 0 Å². The molecule has 0 saturated carbocycles. The van der Waals surface area contributed by atoms with Crippen molar-refractivity contribution in [2.24, 2.45) is 12.0 Å². The fraction of sp³-hybridized carbons (Fsp3) is 0.474. The number of halogens is 1. The minimum absolute atomic E-state index is 0. The van der Waals surface area contributed by atoms with E-state index < -0.39 is 0 Å². The Morgan fingerprint density at radius 3 is 2.70 bits per heavy atom. The van der Waals surface area contributed by atoms with E-state index in [2.05, 4.69) is 35.2 Å². The number of guanidine groups is 1. The summed E-state index contributed by atoms with van der Waals surface area (Å²) >= 11 is 0. The molecule has 7 nitrogen and oxygen atoms in total. The second-order valence-electron chi connectivity index (χ2n) is 6.49. The molecule has 3 rings (SSSR count). The first-order chi connectivity index (χ1) is 12.5. The van der Waals surface area contributed by atoms with E-state index in [0.717, 1.165) is 47.5 Å². The summed E-state index contributed by atoms with van der Waals surface area (Å²) in [6, 6.07) is 6.04. The summed E-state index contributed by atoms with van der Waals surface area (Å²) in [6.45, 7) is 8.63. The molecule has 0 saturated heterocycles. The molecule has 148 valence electrons. The Morgan fingerprint density at radius 2 is 2.04 bits per heavy atom. The first kappa shape index (κ1) is 21.3. The molecule has 0 spiro atoms. The SMILES string of the molecule is CCNC(=NCc1c(C)nn(C)c1C)N(C)Cc1ccc2c(c1)OCO2.I. The number of hydrogen-bond donors (Lipinski definition) is 1. The average Bonchev–Trinajstić information content (AvgIpc) is 3.16. The van der Waals surface area contributed by atoms with E-state index in [0.29, 0.717) is 13.3 Å². The van der Waals surface area contributed by atoms with Gasteiger partial charge in [0.2, 0.25) is 6.79 Å². The van der Waals surface area contributed by atoms with Gasteiger partial charge in [0.1, 0.15) is 0 Å². The molecule has 1 aliphatic heterocycles. The van der Waals surface area contributed by atoms with Gasteiger partial charge >= 0.3 is 0 Å². The maximum atomic E-state index is 5.47. The molecule has 1 aromatic heterocycles. The summed E-state index contributed by atoms with van der Waals surface area (Å²) in [6.07, 6.45) is 0. The van der Waals surface area contributed by atoms with Crippen molar-refractivity contribution in [3.05, 3.63) is 40.7 Å². The molecule has 0 amide bonds. The minimum Gasteiger partial charge on any atom is -0.454 e. The molecule has 1 aliphatic rings. The van der Waals surface area contributed by atoms with Crippen LogP contribution in [0.5, 0.6) is 11.5 Å². The van der Waals surface area contributed by atoms with Crippen molar-refractivity contribution in [2.45, 2.75) is 33.9 Å². The Morgan fingerprint density at radius 1 is 1.30 bits per heavy atom. The van der Waals surface area contributed by atoms with Crippen LogP contribution >= 0.6 is 24.0 Å². The quantitative estimate of drug-likeness (QED) is 0.401. The Labute approximate surface area is 177 Å². The third-order valence-electron chi connectivity index (χ3n) is 4.60. The molecule has 0 fully saturated rings. The van der Waals surface area contributed by atoms with Crippen molar-refractivity contribution < 1.29 is 9.47 Å². The van der Waals surface area contributed by atoms with Crippen LogP contribution in [0.1, 0.15) is 29.4 Å². The number of ether oxygens (including phenoxy) is 2. The van der Waals surface area contributed by atoms with Gasteiger partial charge in [-0.1, -0.05) is 6.07 Å². The maximum absolute atomic E-state index is 5.47. The fourth-order valence-electron chi connectivity index (χ4n) is 3.06. The zero-order valence-electron chi connectivity index (χ0n) is 16.6. The molecule has 2 aromatic rings. The molecule has 2 heterocycles. The van der Waals surface area contributed by atoms with Crippen molar-refractivity contribution in [2.75, 3.05) is 20.4 Å². The smallest absolute Gasteiger partial charge is 0.231 e. The number of hydrogen-bond acceptors (Lipinski definition) is 4. The van der Waals surface area contributed by atoms with E-state index in [4.69, 9.17) is 14.5 Å². The van der Waals surface area contributed by atoms with Crippen molar-refractivity contribution >= 4 is 29.9 Å². The van der Waals surface area contributed by atoms with Crippen LogP contribution in [0.4, 0.5) is 0 Å². The molecule has 8 heteroatoms. The van der Waals surface area contributed by atoms with Gasteiger partial charge in [-0.2, -0.15) is 5.10 Å². The number of fused-ring (bicyclic) bond motifs is 1. The standard InChI is InChI=1S/C19H27N5O2.HI/c1-6-20-19(21-10-16-13(2)22-24(5)14(16)3)23(4)11-15-7-8-17-18(9-15)26-12-25-17;/h7-9H,6,10-12H2,1-5H3,(H,20,21);1H.